The maximum absolute atomic E-state index is 13.5. The molecule has 5 rings (SSSR count). The van der Waals surface area contributed by atoms with Crippen LogP contribution in [0.2, 0.25) is 0 Å². The molecule has 1 aliphatic heterocycles. The first-order chi connectivity index (χ1) is 15.8. The standard InChI is InChI=1S/C25H21N3O4S/c1-13-4-5-16(8-14(13)2)18-11-33-24-22(18)25(31)28(12-26-24)15(3)23(30)17-6-7-20-19(9-17)27-21(29)10-32-20/h4-9,11-12,15H,10H2,1-3H3,(H,27,29). The van der Waals surface area contributed by atoms with Crippen LogP contribution >= 0.6 is 11.3 Å². The van der Waals surface area contributed by atoms with Crippen molar-refractivity contribution in [1.29, 1.82) is 0 Å². The van der Waals surface area contributed by atoms with E-state index < -0.39 is 6.04 Å². The second-order valence-corrected chi connectivity index (χ2v) is 9.03. The number of carbonyl (C=O) groups excluding carboxylic acids is 2. The highest BCUT2D eigenvalue weighted by Gasteiger charge is 2.24. The molecule has 0 fully saturated rings. The average Bonchev–Trinajstić information content (AvgIpc) is 3.25. The summed E-state index contributed by atoms with van der Waals surface area (Å²) >= 11 is 1.41. The van der Waals surface area contributed by atoms with Crippen LogP contribution in [0, 0.1) is 13.8 Å². The lowest BCUT2D eigenvalue weighted by Crippen LogP contribution is -2.29. The Morgan fingerprint density at radius 3 is 2.76 bits per heavy atom. The number of Topliss-reactive ketones (excluding diaryl/α,β-unsaturated/α-hetero) is 1. The van der Waals surface area contributed by atoms with E-state index in [2.05, 4.69) is 16.4 Å². The van der Waals surface area contributed by atoms with E-state index in [-0.39, 0.29) is 23.9 Å². The number of hydrogen-bond acceptors (Lipinski definition) is 6. The van der Waals surface area contributed by atoms with E-state index in [4.69, 9.17) is 4.74 Å². The predicted octanol–water partition coefficient (Wildman–Crippen LogP) is 4.52. The van der Waals surface area contributed by atoms with Gasteiger partial charge in [-0.3, -0.25) is 19.0 Å². The topological polar surface area (TPSA) is 90.3 Å². The van der Waals surface area contributed by atoms with Crippen molar-refractivity contribution >= 4 is 38.9 Å². The van der Waals surface area contributed by atoms with Crippen LogP contribution in [0.3, 0.4) is 0 Å². The Hall–Kier alpha value is -3.78. The lowest BCUT2D eigenvalue weighted by molar-refractivity contribution is -0.118. The minimum absolute atomic E-state index is 0.0543. The zero-order valence-electron chi connectivity index (χ0n) is 18.3. The number of aromatic nitrogens is 2. The molecule has 4 aromatic rings. The third kappa shape index (κ3) is 3.62. The number of carbonyl (C=O) groups is 2. The Morgan fingerprint density at radius 2 is 1.97 bits per heavy atom. The number of thiophene rings is 1. The van der Waals surface area contributed by atoms with Crippen LogP contribution < -0.4 is 15.6 Å². The van der Waals surface area contributed by atoms with Gasteiger partial charge in [-0.05, 0) is 55.7 Å². The molecule has 1 atom stereocenters. The molecule has 0 radical (unpaired) electrons. The van der Waals surface area contributed by atoms with Gasteiger partial charge in [0.1, 0.15) is 10.6 Å². The van der Waals surface area contributed by atoms with Gasteiger partial charge in [-0.2, -0.15) is 0 Å². The number of rotatable bonds is 4. The molecular formula is C25H21N3O4S. The normalized spacial score (nSPS) is 13.8. The highest BCUT2D eigenvalue weighted by molar-refractivity contribution is 7.17. The maximum Gasteiger partial charge on any atom is 0.263 e. The van der Waals surface area contributed by atoms with E-state index >= 15 is 0 Å². The van der Waals surface area contributed by atoms with E-state index in [1.165, 1.54) is 27.8 Å². The monoisotopic (exact) mass is 459 g/mol. The Kier molecular flexibility index (Phi) is 5.09. The van der Waals surface area contributed by atoms with Crippen LogP contribution in [0.4, 0.5) is 5.69 Å². The number of ether oxygens (including phenoxy) is 1. The number of fused-ring (bicyclic) bond motifs is 2. The van der Waals surface area contributed by atoms with Gasteiger partial charge in [0.25, 0.3) is 11.5 Å². The summed E-state index contributed by atoms with van der Waals surface area (Å²) in [7, 11) is 0. The summed E-state index contributed by atoms with van der Waals surface area (Å²) in [5, 5.41) is 5.15. The van der Waals surface area contributed by atoms with Gasteiger partial charge >= 0.3 is 0 Å². The SMILES string of the molecule is Cc1ccc(-c2csc3ncn(C(C)C(=O)c4ccc5c(c4)NC(=O)CO5)c(=O)c23)cc1C. The van der Waals surface area contributed by atoms with Crippen molar-refractivity contribution in [2.45, 2.75) is 26.8 Å². The fourth-order valence-electron chi connectivity index (χ4n) is 3.95. The summed E-state index contributed by atoms with van der Waals surface area (Å²) in [6.07, 6.45) is 1.43. The molecular weight excluding hydrogens is 438 g/mol. The molecule has 7 nitrogen and oxygen atoms in total. The molecule has 2 aromatic heterocycles. The van der Waals surface area contributed by atoms with Gasteiger partial charge in [-0.25, -0.2) is 4.98 Å². The van der Waals surface area contributed by atoms with E-state index in [0.717, 1.165) is 16.7 Å². The van der Waals surface area contributed by atoms with Crippen molar-refractivity contribution in [1.82, 2.24) is 9.55 Å². The summed E-state index contributed by atoms with van der Waals surface area (Å²) in [6, 6.07) is 10.2. The Morgan fingerprint density at radius 1 is 1.15 bits per heavy atom. The number of benzene rings is 2. The van der Waals surface area contributed by atoms with Crippen LogP contribution in [-0.2, 0) is 4.79 Å². The lowest BCUT2D eigenvalue weighted by Gasteiger charge is -2.19. The summed E-state index contributed by atoms with van der Waals surface area (Å²) in [6.45, 7) is 5.71. The molecule has 0 spiro atoms. The van der Waals surface area contributed by atoms with E-state index in [1.54, 1.807) is 25.1 Å². The smallest absolute Gasteiger partial charge is 0.263 e. The third-order valence-corrected chi connectivity index (χ3v) is 6.92. The van der Waals surface area contributed by atoms with Crippen LogP contribution in [0.15, 0.2) is 52.9 Å². The number of amides is 1. The molecule has 1 unspecified atom stereocenters. The van der Waals surface area contributed by atoms with E-state index in [1.807, 2.05) is 31.4 Å². The van der Waals surface area contributed by atoms with Crippen molar-refractivity contribution in [2.75, 3.05) is 11.9 Å². The second-order valence-electron chi connectivity index (χ2n) is 8.17. The molecule has 3 heterocycles. The Balaban J connectivity index is 1.55. The quantitative estimate of drug-likeness (QED) is 0.453. The first kappa shape index (κ1) is 21.1. The molecule has 33 heavy (non-hydrogen) atoms. The Labute approximate surface area is 193 Å². The number of nitrogens with zero attached hydrogens (tertiary/aromatic N) is 2. The van der Waals surface area contributed by atoms with Crippen LogP contribution in [0.25, 0.3) is 21.3 Å². The van der Waals surface area contributed by atoms with Crippen molar-refractivity contribution in [3.63, 3.8) is 0 Å². The minimum Gasteiger partial charge on any atom is -0.482 e. The van der Waals surface area contributed by atoms with Gasteiger partial charge in [0, 0.05) is 16.5 Å². The van der Waals surface area contributed by atoms with Gasteiger partial charge in [0.2, 0.25) is 0 Å². The Bertz CT molecular complexity index is 1500. The third-order valence-electron chi connectivity index (χ3n) is 6.03. The molecule has 0 aliphatic carbocycles. The van der Waals surface area contributed by atoms with Crippen LogP contribution in [0.1, 0.15) is 34.5 Å². The number of hydrogen-bond donors (Lipinski definition) is 1. The van der Waals surface area contributed by atoms with Gasteiger partial charge in [0.15, 0.2) is 12.4 Å². The molecule has 2 aromatic carbocycles. The zero-order chi connectivity index (χ0) is 23.3. The van der Waals surface area contributed by atoms with Crippen LogP contribution in [0.5, 0.6) is 5.75 Å². The minimum atomic E-state index is -0.778. The largest absolute Gasteiger partial charge is 0.482 e. The number of nitrogens with one attached hydrogen (secondary N) is 1. The van der Waals surface area contributed by atoms with Crippen LogP contribution in [-0.4, -0.2) is 27.8 Å². The van der Waals surface area contributed by atoms with E-state index in [9.17, 15) is 14.4 Å². The fourth-order valence-corrected chi connectivity index (χ4v) is 4.85. The lowest BCUT2D eigenvalue weighted by atomic mass is 10.0. The summed E-state index contributed by atoms with van der Waals surface area (Å²) in [4.78, 5) is 43.4. The van der Waals surface area contributed by atoms with Gasteiger partial charge < -0.3 is 10.1 Å². The summed E-state index contributed by atoms with van der Waals surface area (Å²) in [5.41, 5.74) is 4.65. The highest BCUT2D eigenvalue weighted by Crippen LogP contribution is 2.33. The van der Waals surface area contributed by atoms with E-state index in [0.29, 0.717) is 27.2 Å². The van der Waals surface area contributed by atoms with Crippen molar-refractivity contribution in [3.05, 3.63) is 75.1 Å². The molecule has 1 aliphatic rings. The highest BCUT2D eigenvalue weighted by atomic mass is 32.1. The molecule has 8 heteroatoms. The molecule has 0 saturated carbocycles. The number of anilines is 1. The van der Waals surface area contributed by atoms with Crippen molar-refractivity contribution < 1.29 is 14.3 Å². The number of aryl methyl sites for hydroxylation is 2. The molecule has 0 saturated heterocycles. The molecule has 1 amide bonds. The summed E-state index contributed by atoms with van der Waals surface area (Å²) < 4.78 is 6.73. The molecule has 1 N–H and O–H groups in total. The average molecular weight is 460 g/mol. The molecule has 0 bridgehead atoms. The predicted molar refractivity (Wildman–Crippen MR) is 128 cm³/mol. The molecule has 166 valence electrons. The first-order valence-electron chi connectivity index (χ1n) is 10.5. The van der Waals surface area contributed by atoms with Gasteiger partial charge in [-0.1, -0.05) is 18.2 Å². The second kappa shape index (κ2) is 7.97. The first-order valence-corrected chi connectivity index (χ1v) is 11.4. The zero-order valence-corrected chi connectivity index (χ0v) is 19.2. The van der Waals surface area contributed by atoms with Gasteiger partial charge in [0.05, 0.1) is 23.4 Å². The fraction of sp³-hybridized carbons (Fsp3) is 0.200. The van der Waals surface area contributed by atoms with Crippen molar-refractivity contribution in [3.8, 4) is 16.9 Å². The maximum atomic E-state index is 13.5. The van der Waals surface area contributed by atoms with Crippen molar-refractivity contribution in [2.24, 2.45) is 0 Å². The summed E-state index contributed by atoms with van der Waals surface area (Å²) in [5.74, 6) is -0.0263. The van der Waals surface area contributed by atoms with Gasteiger partial charge in [-0.15, -0.1) is 11.3 Å². The number of ketones is 1.